The van der Waals surface area contributed by atoms with Gasteiger partial charge in [-0.25, -0.2) is 4.79 Å². The molecule has 72 valence electrons. The van der Waals surface area contributed by atoms with Crippen LogP contribution in [0, 0.1) is 11.7 Å². The van der Waals surface area contributed by atoms with E-state index in [-0.39, 0.29) is 5.92 Å². The fourth-order valence-electron chi connectivity index (χ4n) is 1.01. The van der Waals surface area contributed by atoms with Crippen molar-refractivity contribution in [2.75, 3.05) is 0 Å². The third-order valence-electron chi connectivity index (χ3n) is 1.53. The summed E-state index contributed by atoms with van der Waals surface area (Å²) in [6, 6.07) is 0. The number of hydrogen-bond donors (Lipinski definition) is 1. The second kappa shape index (κ2) is 3.55. The molecule has 1 rings (SSSR count). The zero-order valence-electron chi connectivity index (χ0n) is 7.50. The molecule has 4 nitrogen and oxygen atoms in total. The van der Waals surface area contributed by atoms with E-state index in [2.05, 4.69) is 0 Å². The second-order valence-corrected chi connectivity index (χ2v) is 3.28. The van der Waals surface area contributed by atoms with E-state index >= 15 is 0 Å². The number of nitrogens with zero attached hydrogens (tertiary/aromatic N) is 1. The van der Waals surface area contributed by atoms with Crippen LogP contribution in [-0.2, 0) is 6.54 Å². The number of rotatable bonds is 2. The molecule has 13 heavy (non-hydrogen) atoms. The van der Waals surface area contributed by atoms with Gasteiger partial charge in [-0.2, -0.15) is 4.39 Å². The standard InChI is InChI=1S/C8H11FN2O2/c1-5(2)3-11-4-6(9)7(12)10-8(11)13/h4-5H,3H2,1-2H3,(H,10,12,13). The van der Waals surface area contributed by atoms with Gasteiger partial charge in [0.25, 0.3) is 5.56 Å². The molecule has 0 aromatic carbocycles. The smallest absolute Gasteiger partial charge is 0.297 e. The first-order valence-corrected chi connectivity index (χ1v) is 4.00. The Kier molecular flexibility index (Phi) is 2.65. The average molecular weight is 186 g/mol. The summed E-state index contributed by atoms with van der Waals surface area (Å²) in [6.07, 6.45) is 0.932. The van der Waals surface area contributed by atoms with Crippen LogP contribution in [0.1, 0.15) is 13.8 Å². The third kappa shape index (κ3) is 2.27. The summed E-state index contributed by atoms with van der Waals surface area (Å²) >= 11 is 0. The van der Waals surface area contributed by atoms with Gasteiger partial charge in [0.1, 0.15) is 0 Å². The number of nitrogens with one attached hydrogen (secondary N) is 1. The number of H-pyrrole nitrogens is 1. The normalized spacial score (nSPS) is 10.8. The highest BCUT2D eigenvalue weighted by atomic mass is 19.1. The van der Waals surface area contributed by atoms with Gasteiger partial charge in [-0.1, -0.05) is 13.8 Å². The van der Waals surface area contributed by atoms with Crippen LogP contribution >= 0.6 is 0 Å². The van der Waals surface area contributed by atoms with Gasteiger partial charge in [-0.3, -0.25) is 14.3 Å². The highest BCUT2D eigenvalue weighted by molar-refractivity contribution is 4.87. The molecule has 0 unspecified atom stereocenters. The minimum absolute atomic E-state index is 0.225. The molecule has 0 saturated carbocycles. The van der Waals surface area contributed by atoms with Gasteiger partial charge in [-0.05, 0) is 5.92 Å². The minimum atomic E-state index is -0.968. The molecule has 0 radical (unpaired) electrons. The quantitative estimate of drug-likeness (QED) is 0.723. The summed E-state index contributed by atoms with van der Waals surface area (Å²) in [5, 5.41) is 0. The van der Waals surface area contributed by atoms with E-state index in [1.807, 2.05) is 18.8 Å². The van der Waals surface area contributed by atoms with Gasteiger partial charge in [0, 0.05) is 6.54 Å². The van der Waals surface area contributed by atoms with Gasteiger partial charge < -0.3 is 0 Å². The van der Waals surface area contributed by atoms with Crippen LogP contribution < -0.4 is 11.2 Å². The summed E-state index contributed by atoms with van der Waals surface area (Å²) in [5.74, 6) is -0.705. The van der Waals surface area contributed by atoms with Crippen LogP contribution in [0.2, 0.25) is 0 Å². The molecular weight excluding hydrogens is 175 g/mol. The van der Waals surface area contributed by atoms with Gasteiger partial charge in [0.2, 0.25) is 5.82 Å². The zero-order chi connectivity index (χ0) is 10.0. The van der Waals surface area contributed by atoms with Crippen molar-refractivity contribution in [1.82, 2.24) is 9.55 Å². The molecule has 0 bridgehead atoms. The van der Waals surface area contributed by atoms with Crippen molar-refractivity contribution < 1.29 is 4.39 Å². The maximum Gasteiger partial charge on any atom is 0.328 e. The van der Waals surface area contributed by atoms with Crippen LogP contribution in [0.3, 0.4) is 0 Å². The molecule has 0 atom stereocenters. The monoisotopic (exact) mass is 186 g/mol. The van der Waals surface area contributed by atoms with E-state index in [0.717, 1.165) is 10.8 Å². The highest BCUT2D eigenvalue weighted by Crippen LogP contribution is 1.95. The Morgan fingerprint density at radius 3 is 2.69 bits per heavy atom. The fourth-order valence-corrected chi connectivity index (χ4v) is 1.01. The molecule has 0 aliphatic heterocycles. The minimum Gasteiger partial charge on any atom is -0.297 e. The van der Waals surface area contributed by atoms with E-state index in [0.29, 0.717) is 6.54 Å². The summed E-state index contributed by atoms with van der Waals surface area (Å²) in [5.41, 5.74) is -1.54. The summed E-state index contributed by atoms with van der Waals surface area (Å²) in [7, 11) is 0. The summed E-state index contributed by atoms with van der Waals surface area (Å²) < 4.78 is 13.9. The lowest BCUT2D eigenvalue weighted by molar-refractivity contribution is 0.479. The first-order valence-electron chi connectivity index (χ1n) is 4.00. The molecule has 0 aliphatic carbocycles. The average Bonchev–Trinajstić information content (AvgIpc) is 1.99. The summed E-state index contributed by atoms with van der Waals surface area (Å²) in [4.78, 5) is 23.6. The maximum absolute atomic E-state index is 12.7. The molecule has 0 fully saturated rings. The lowest BCUT2D eigenvalue weighted by Crippen LogP contribution is -2.32. The third-order valence-corrected chi connectivity index (χ3v) is 1.53. The Labute approximate surface area is 74.0 Å². The van der Waals surface area contributed by atoms with Crippen molar-refractivity contribution in [2.45, 2.75) is 20.4 Å². The number of halogens is 1. The molecular formula is C8H11FN2O2. The summed E-state index contributed by atoms with van der Waals surface area (Å²) in [6.45, 7) is 4.19. The lowest BCUT2D eigenvalue weighted by Gasteiger charge is -2.06. The molecule has 0 spiro atoms. The van der Waals surface area contributed by atoms with Crippen LogP contribution in [0.5, 0.6) is 0 Å². The molecule has 0 saturated heterocycles. The van der Waals surface area contributed by atoms with Crippen LogP contribution in [0.4, 0.5) is 4.39 Å². The number of aromatic nitrogens is 2. The van der Waals surface area contributed by atoms with E-state index in [9.17, 15) is 14.0 Å². The van der Waals surface area contributed by atoms with Gasteiger partial charge in [0.05, 0.1) is 6.20 Å². The molecule has 1 aromatic rings. The predicted octanol–water partition coefficient (Wildman–Crippen LogP) is 0.332. The molecule has 1 aromatic heterocycles. The Balaban J connectivity index is 3.17. The second-order valence-electron chi connectivity index (χ2n) is 3.28. The van der Waals surface area contributed by atoms with Crippen LogP contribution in [-0.4, -0.2) is 9.55 Å². The van der Waals surface area contributed by atoms with Gasteiger partial charge >= 0.3 is 5.69 Å². The van der Waals surface area contributed by atoms with Crippen molar-refractivity contribution in [3.05, 3.63) is 32.9 Å². The highest BCUT2D eigenvalue weighted by Gasteiger charge is 2.04. The van der Waals surface area contributed by atoms with Gasteiger partial charge in [0.15, 0.2) is 0 Å². The SMILES string of the molecule is CC(C)Cn1cc(F)c(=O)[nH]c1=O. The van der Waals surface area contributed by atoms with Crippen LogP contribution in [0.15, 0.2) is 15.8 Å². The molecule has 1 N–H and O–H groups in total. The largest absolute Gasteiger partial charge is 0.328 e. The van der Waals surface area contributed by atoms with Crippen molar-refractivity contribution in [3.8, 4) is 0 Å². The molecule has 0 aliphatic rings. The molecule has 5 heteroatoms. The maximum atomic E-state index is 12.7. The number of aromatic amines is 1. The van der Waals surface area contributed by atoms with Crippen molar-refractivity contribution in [3.63, 3.8) is 0 Å². The lowest BCUT2D eigenvalue weighted by atomic mass is 10.2. The molecule has 1 heterocycles. The van der Waals surface area contributed by atoms with Gasteiger partial charge in [-0.15, -0.1) is 0 Å². The fraction of sp³-hybridized carbons (Fsp3) is 0.500. The van der Waals surface area contributed by atoms with E-state index in [1.54, 1.807) is 0 Å². The topological polar surface area (TPSA) is 54.9 Å². The first-order chi connectivity index (χ1) is 6.00. The molecule has 0 amide bonds. The Hall–Kier alpha value is -1.39. The van der Waals surface area contributed by atoms with Crippen LogP contribution in [0.25, 0.3) is 0 Å². The predicted molar refractivity (Wildman–Crippen MR) is 46.1 cm³/mol. The number of hydrogen-bond acceptors (Lipinski definition) is 2. The zero-order valence-corrected chi connectivity index (χ0v) is 7.50. The van der Waals surface area contributed by atoms with Crippen molar-refractivity contribution in [1.29, 1.82) is 0 Å². The first kappa shape index (κ1) is 9.70. The Morgan fingerprint density at radius 2 is 2.15 bits per heavy atom. The Morgan fingerprint density at radius 1 is 1.54 bits per heavy atom. The van der Waals surface area contributed by atoms with E-state index < -0.39 is 17.1 Å². The van der Waals surface area contributed by atoms with Crippen molar-refractivity contribution >= 4 is 0 Å². The van der Waals surface area contributed by atoms with E-state index in [4.69, 9.17) is 0 Å². The van der Waals surface area contributed by atoms with Crippen molar-refractivity contribution in [2.24, 2.45) is 5.92 Å². The Bertz CT molecular complexity index is 405. The van der Waals surface area contributed by atoms with E-state index in [1.165, 1.54) is 0 Å².